The minimum atomic E-state index is 0.376. The van der Waals surface area contributed by atoms with E-state index in [4.69, 9.17) is 16.9 Å². The molecule has 0 saturated carbocycles. The minimum Gasteiger partial charge on any atom is -0.228 e. The second-order valence-electron chi connectivity index (χ2n) is 4.46. The summed E-state index contributed by atoms with van der Waals surface area (Å²) in [4.78, 5) is 8.81. The summed E-state index contributed by atoms with van der Waals surface area (Å²) in [6.45, 7) is 0. The number of nitrogens with zero attached hydrogens (tertiary/aromatic N) is 3. The van der Waals surface area contributed by atoms with Crippen molar-refractivity contribution < 1.29 is 0 Å². The van der Waals surface area contributed by atoms with Crippen molar-refractivity contribution in [2.75, 3.05) is 0 Å². The number of nitriles is 1. The SMILES string of the molecule is N#Cc1cccc(-c2cc(Cl)nc(-c3ccccc3)n2)c1. The summed E-state index contributed by atoms with van der Waals surface area (Å²) >= 11 is 6.11. The van der Waals surface area contributed by atoms with Gasteiger partial charge in [-0.05, 0) is 12.1 Å². The second-order valence-corrected chi connectivity index (χ2v) is 4.85. The molecule has 100 valence electrons. The van der Waals surface area contributed by atoms with Crippen LogP contribution in [0.3, 0.4) is 0 Å². The number of rotatable bonds is 2. The van der Waals surface area contributed by atoms with Gasteiger partial charge >= 0.3 is 0 Å². The summed E-state index contributed by atoms with van der Waals surface area (Å²) in [5.74, 6) is 0.570. The normalized spacial score (nSPS) is 10.1. The maximum Gasteiger partial charge on any atom is 0.161 e. The summed E-state index contributed by atoms with van der Waals surface area (Å²) in [6.07, 6.45) is 0. The zero-order valence-electron chi connectivity index (χ0n) is 11.0. The summed E-state index contributed by atoms with van der Waals surface area (Å²) in [5.41, 5.74) is 3.03. The molecule has 0 N–H and O–H groups in total. The third-order valence-electron chi connectivity index (χ3n) is 3.01. The van der Waals surface area contributed by atoms with Gasteiger partial charge in [-0.15, -0.1) is 0 Å². The van der Waals surface area contributed by atoms with Crippen LogP contribution < -0.4 is 0 Å². The number of hydrogen-bond acceptors (Lipinski definition) is 3. The molecule has 4 heteroatoms. The molecular weight excluding hydrogens is 282 g/mol. The molecule has 2 aromatic carbocycles. The average molecular weight is 292 g/mol. The molecule has 3 rings (SSSR count). The summed E-state index contributed by atoms with van der Waals surface area (Å²) in [7, 11) is 0. The highest BCUT2D eigenvalue weighted by atomic mass is 35.5. The zero-order valence-corrected chi connectivity index (χ0v) is 11.7. The van der Waals surface area contributed by atoms with E-state index in [1.54, 1.807) is 18.2 Å². The predicted molar refractivity (Wildman–Crippen MR) is 82.6 cm³/mol. The number of halogens is 1. The Balaban J connectivity index is 2.12. The average Bonchev–Trinajstić information content (AvgIpc) is 2.55. The molecule has 1 aromatic heterocycles. The molecule has 0 bridgehead atoms. The first-order chi connectivity index (χ1) is 10.3. The Morgan fingerprint density at radius 3 is 2.38 bits per heavy atom. The predicted octanol–water partition coefficient (Wildman–Crippen LogP) is 4.34. The van der Waals surface area contributed by atoms with Gasteiger partial charge in [0.15, 0.2) is 5.82 Å². The molecule has 0 aliphatic rings. The highest BCUT2D eigenvalue weighted by molar-refractivity contribution is 6.29. The largest absolute Gasteiger partial charge is 0.228 e. The van der Waals surface area contributed by atoms with Crippen molar-refractivity contribution in [2.45, 2.75) is 0 Å². The highest BCUT2D eigenvalue weighted by Gasteiger charge is 2.08. The van der Waals surface area contributed by atoms with Gasteiger partial charge in [0.25, 0.3) is 0 Å². The van der Waals surface area contributed by atoms with Gasteiger partial charge < -0.3 is 0 Å². The van der Waals surface area contributed by atoms with Gasteiger partial charge in [-0.25, -0.2) is 9.97 Å². The van der Waals surface area contributed by atoms with Crippen LogP contribution in [0.2, 0.25) is 5.15 Å². The van der Waals surface area contributed by atoms with Crippen molar-refractivity contribution in [1.82, 2.24) is 9.97 Å². The summed E-state index contributed by atoms with van der Waals surface area (Å²) < 4.78 is 0. The first-order valence-corrected chi connectivity index (χ1v) is 6.74. The van der Waals surface area contributed by atoms with Crippen molar-refractivity contribution in [2.24, 2.45) is 0 Å². The van der Waals surface area contributed by atoms with Crippen molar-refractivity contribution in [3.8, 4) is 28.7 Å². The maximum absolute atomic E-state index is 8.99. The molecule has 21 heavy (non-hydrogen) atoms. The molecule has 3 nitrogen and oxygen atoms in total. The number of benzene rings is 2. The third kappa shape index (κ3) is 2.91. The van der Waals surface area contributed by atoms with Gasteiger partial charge in [0.2, 0.25) is 0 Å². The summed E-state index contributed by atoms with van der Waals surface area (Å²) in [6, 6.07) is 20.7. The van der Waals surface area contributed by atoms with Gasteiger partial charge in [0.1, 0.15) is 5.15 Å². The Labute approximate surface area is 127 Å². The van der Waals surface area contributed by atoms with Crippen molar-refractivity contribution >= 4 is 11.6 Å². The molecule has 0 fully saturated rings. The van der Waals surface area contributed by atoms with E-state index in [1.165, 1.54) is 0 Å². The minimum absolute atomic E-state index is 0.376. The molecule has 0 aliphatic heterocycles. The summed E-state index contributed by atoms with van der Waals surface area (Å²) in [5, 5.41) is 9.36. The molecule has 0 amide bonds. The molecule has 0 saturated heterocycles. The van der Waals surface area contributed by atoms with Crippen LogP contribution in [0.5, 0.6) is 0 Å². The lowest BCUT2D eigenvalue weighted by Crippen LogP contribution is -1.93. The van der Waals surface area contributed by atoms with Gasteiger partial charge in [-0.3, -0.25) is 0 Å². The zero-order chi connectivity index (χ0) is 14.7. The Morgan fingerprint density at radius 2 is 1.62 bits per heavy atom. The maximum atomic E-state index is 8.99. The lowest BCUT2D eigenvalue weighted by Gasteiger charge is -2.06. The van der Waals surface area contributed by atoms with Crippen LogP contribution in [0, 0.1) is 11.3 Å². The standard InChI is InChI=1S/C17H10ClN3/c18-16-10-15(14-8-4-5-12(9-14)11-19)20-17(21-16)13-6-2-1-3-7-13/h1-10H. The fourth-order valence-electron chi connectivity index (χ4n) is 2.03. The van der Waals surface area contributed by atoms with E-state index >= 15 is 0 Å². The Morgan fingerprint density at radius 1 is 0.857 bits per heavy atom. The van der Waals surface area contributed by atoms with E-state index in [1.807, 2.05) is 42.5 Å². The van der Waals surface area contributed by atoms with Crippen LogP contribution in [0.4, 0.5) is 0 Å². The molecule has 0 unspecified atom stereocenters. The van der Waals surface area contributed by atoms with Gasteiger partial charge in [-0.1, -0.05) is 54.1 Å². The fraction of sp³-hybridized carbons (Fsp3) is 0. The first-order valence-electron chi connectivity index (χ1n) is 6.37. The smallest absolute Gasteiger partial charge is 0.161 e. The van der Waals surface area contributed by atoms with Crippen LogP contribution in [0.15, 0.2) is 60.7 Å². The lowest BCUT2D eigenvalue weighted by molar-refractivity contribution is 1.18. The monoisotopic (exact) mass is 291 g/mol. The molecule has 0 radical (unpaired) electrons. The van der Waals surface area contributed by atoms with E-state index < -0.39 is 0 Å². The molecular formula is C17H10ClN3. The van der Waals surface area contributed by atoms with Gasteiger partial charge in [0.05, 0.1) is 17.3 Å². The third-order valence-corrected chi connectivity index (χ3v) is 3.21. The number of hydrogen-bond donors (Lipinski definition) is 0. The van der Waals surface area contributed by atoms with E-state index in [0.717, 1.165) is 11.1 Å². The Kier molecular flexibility index (Phi) is 3.63. The van der Waals surface area contributed by atoms with Crippen molar-refractivity contribution in [3.63, 3.8) is 0 Å². The lowest BCUT2D eigenvalue weighted by atomic mass is 10.1. The van der Waals surface area contributed by atoms with Crippen LogP contribution in [0.1, 0.15) is 5.56 Å². The first kappa shape index (κ1) is 13.3. The topological polar surface area (TPSA) is 49.6 Å². The molecule has 0 spiro atoms. The van der Waals surface area contributed by atoms with E-state index in [2.05, 4.69) is 16.0 Å². The molecule has 1 heterocycles. The Hall–Kier alpha value is -2.70. The fourth-order valence-corrected chi connectivity index (χ4v) is 2.21. The van der Waals surface area contributed by atoms with Gasteiger partial charge in [-0.2, -0.15) is 5.26 Å². The van der Waals surface area contributed by atoms with E-state index in [9.17, 15) is 0 Å². The van der Waals surface area contributed by atoms with Crippen molar-refractivity contribution in [3.05, 3.63) is 71.4 Å². The van der Waals surface area contributed by atoms with Crippen molar-refractivity contribution in [1.29, 1.82) is 5.26 Å². The van der Waals surface area contributed by atoms with Crippen LogP contribution in [-0.4, -0.2) is 9.97 Å². The molecule has 3 aromatic rings. The Bertz CT molecular complexity index is 823. The van der Waals surface area contributed by atoms with Crippen LogP contribution in [0.25, 0.3) is 22.6 Å². The number of aromatic nitrogens is 2. The molecule has 0 atom stereocenters. The second kappa shape index (κ2) is 5.74. The van der Waals surface area contributed by atoms with Crippen LogP contribution in [-0.2, 0) is 0 Å². The van der Waals surface area contributed by atoms with Crippen LogP contribution >= 0.6 is 11.6 Å². The molecule has 0 aliphatic carbocycles. The quantitative estimate of drug-likeness (QED) is 0.660. The van der Waals surface area contributed by atoms with E-state index in [-0.39, 0.29) is 0 Å². The highest BCUT2D eigenvalue weighted by Crippen LogP contribution is 2.24. The van der Waals surface area contributed by atoms with Gasteiger partial charge in [0, 0.05) is 17.2 Å². The van der Waals surface area contributed by atoms with E-state index in [0.29, 0.717) is 22.2 Å².